The van der Waals surface area contributed by atoms with E-state index in [0.29, 0.717) is 0 Å². The lowest BCUT2D eigenvalue weighted by Gasteiger charge is -2.48. The summed E-state index contributed by atoms with van der Waals surface area (Å²) in [6.07, 6.45) is 2.88. The second-order valence-electron chi connectivity index (χ2n) is 6.60. The normalized spacial score (nSPS) is 30.1. The molecule has 0 N–H and O–H groups in total. The van der Waals surface area contributed by atoms with Crippen molar-refractivity contribution in [2.75, 3.05) is 0 Å². The molecule has 2 aromatic rings. The minimum Gasteiger partial charge on any atom is -0.0669 e. The second kappa shape index (κ2) is 5.34. The zero-order valence-corrected chi connectivity index (χ0v) is 14.6. The van der Waals surface area contributed by atoms with E-state index in [1.807, 2.05) is 0 Å². The third kappa shape index (κ3) is 2.11. The fourth-order valence-electron chi connectivity index (χ4n) is 4.05. The van der Waals surface area contributed by atoms with Crippen molar-refractivity contribution >= 4 is 25.6 Å². The van der Waals surface area contributed by atoms with Crippen LogP contribution in [0.1, 0.15) is 12.8 Å². The quantitative estimate of drug-likeness (QED) is 0.739. The van der Waals surface area contributed by atoms with Gasteiger partial charge >= 0.3 is 0 Å². The summed E-state index contributed by atoms with van der Waals surface area (Å²) in [7, 11) is -2.74. The Morgan fingerprint density at radius 1 is 0.600 bits per heavy atom. The molecule has 0 radical (unpaired) electrons. The third-order valence-corrected chi connectivity index (χ3v) is 24.5. The van der Waals surface area contributed by atoms with Crippen LogP contribution in [0.5, 0.6) is 0 Å². The topological polar surface area (TPSA) is 0 Å². The van der Waals surface area contributed by atoms with E-state index >= 15 is 0 Å². The number of hydrogen-bond acceptors (Lipinski definition) is 0. The summed E-state index contributed by atoms with van der Waals surface area (Å²) >= 11 is 0. The summed E-state index contributed by atoms with van der Waals surface area (Å²) in [5.41, 5.74) is 0. The van der Waals surface area contributed by atoms with Gasteiger partial charge in [0.1, 0.15) is 0 Å². The minimum absolute atomic E-state index is 1.37. The predicted octanol–water partition coefficient (Wildman–Crippen LogP) is 3.83. The Labute approximate surface area is 124 Å². The highest BCUT2D eigenvalue weighted by Crippen LogP contribution is 2.35. The fraction of sp³-hybridized carbons (Fsp3) is 0.333. The lowest BCUT2D eigenvalue weighted by molar-refractivity contribution is 0.844. The van der Waals surface area contributed by atoms with E-state index in [9.17, 15) is 0 Å². The number of benzene rings is 2. The molecule has 1 fully saturated rings. The van der Waals surface area contributed by atoms with Crippen LogP contribution in [0.25, 0.3) is 0 Å². The van der Waals surface area contributed by atoms with Crippen molar-refractivity contribution < 1.29 is 0 Å². The zero-order valence-electron chi connectivity index (χ0n) is 12.6. The lowest BCUT2D eigenvalue weighted by Crippen LogP contribution is -2.73. The van der Waals surface area contributed by atoms with Crippen molar-refractivity contribution in [2.45, 2.75) is 38.0 Å². The number of rotatable bonds is 2. The average Bonchev–Trinajstić information content (AvgIpc) is 2.52. The van der Waals surface area contributed by atoms with Crippen molar-refractivity contribution in [3.05, 3.63) is 60.7 Å². The molecule has 0 spiro atoms. The molecule has 0 aliphatic carbocycles. The molecule has 2 atom stereocenters. The van der Waals surface area contributed by atoms with Gasteiger partial charge in [-0.2, -0.15) is 0 Å². The van der Waals surface area contributed by atoms with Crippen molar-refractivity contribution in [1.29, 1.82) is 0 Å². The molecule has 3 rings (SSSR count). The van der Waals surface area contributed by atoms with Crippen LogP contribution in [-0.4, -0.2) is 15.2 Å². The third-order valence-electron chi connectivity index (χ3n) is 5.64. The molecule has 0 bridgehead atoms. The van der Waals surface area contributed by atoms with E-state index < -0.39 is 15.2 Å². The van der Waals surface area contributed by atoms with Crippen molar-refractivity contribution in [3.8, 4) is 0 Å². The molecule has 0 unspecified atom stereocenters. The summed E-state index contributed by atoms with van der Waals surface area (Å²) in [6.45, 7) is 5.33. The highest BCUT2D eigenvalue weighted by atomic mass is 29.3. The Morgan fingerprint density at radius 3 is 1.30 bits per heavy atom. The predicted molar refractivity (Wildman–Crippen MR) is 94.2 cm³/mol. The monoisotopic (exact) mass is 296 g/mol. The molecule has 0 aromatic heterocycles. The van der Waals surface area contributed by atoms with Crippen LogP contribution in [0.15, 0.2) is 60.7 Å². The van der Waals surface area contributed by atoms with E-state index in [4.69, 9.17) is 0 Å². The fourth-order valence-corrected chi connectivity index (χ4v) is 20.0. The van der Waals surface area contributed by atoms with Gasteiger partial charge in [0, 0.05) is 0 Å². The smallest absolute Gasteiger partial charge is 0.0669 e. The maximum absolute atomic E-state index is 2.67. The molecule has 1 saturated heterocycles. The molecule has 104 valence electrons. The first-order valence-corrected chi connectivity index (χ1v) is 14.2. The van der Waals surface area contributed by atoms with E-state index in [-0.39, 0.29) is 0 Å². The van der Waals surface area contributed by atoms with Gasteiger partial charge in [-0.1, -0.05) is 109 Å². The highest BCUT2D eigenvalue weighted by molar-refractivity contribution is 7.50. The molecule has 0 saturated carbocycles. The van der Waals surface area contributed by atoms with Crippen LogP contribution in [-0.2, 0) is 0 Å². The van der Waals surface area contributed by atoms with Crippen molar-refractivity contribution in [2.24, 2.45) is 0 Å². The summed E-state index contributed by atoms with van der Waals surface area (Å²) in [6, 6.07) is 25.9. The molecule has 0 nitrogen and oxygen atoms in total. The Balaban J connectivity index is 2.12. The molecule has 2 aromatic carbocycles. The second-order valence-corrected chi connectivity index (χ2v) is 20.7. The van der Waals surface area contributed by atoms with Gasteiger partial charge in [0.05, 0.1) is 15.2 Å². The summed E-state index contributed by atoms with van der Waals surface area (Å²) < 4.78 is 0. The Morgan fingerprint density at radius 2 is 0.950 bits per heavy atom. The lowest BCUT2D eigenvalue weighted by atomic mass is 10.4. The summed E-state index contributed by atoms with van der Waals surface area (Å²) in [5.74, 6) is 0. The standard InChI is InChI=1S/C18H24Si2/c1-19(17-11-5-3-6-12-17)15-9-10-16-20(19,2)18-13-7-4-8-14-18/h3-8,11-14H,9-10,15-16H2,1-2H3/t19-,20+. The van der Waals surface area contributed by atoms with Crippen molar-refractivity contribution in [1.82, 2.24) is 0 Å². The largest absolute Gasteiger partial charge is 0.0824 e. The van der Waals surface area contributed by atoms with Crippen LogP contribution in [0.4, 0.5) is 0 Å². The Bertz CT molecular complexity index is 513. The van der Waals surface area contributed by atoms with Gasteiger partial charge in [-0.3, -0.25) is 0 Å². The van der Waals surface area contributed by atoms with Gasteiger partial charge in [0.2, 0.25) is 0 Å². The van der Waals surface area contributed by atoms with Gasteiger partial charge in [0.25, 0.3) is 0 Å². The van der Waals surface area contributed by atoms with Gasteiger partial charge in [-0.25, -0.2) is 0 Å². The van der Waals surface area contributed by atoms with E-state index in [1.165, 1.54) is 24.9 Å². The molecule has 1 aliphatic heterocycles. The van der Waals surface area contributed by atoms with Crippen LogP contribution in [0.3, 0.4) is 0 Å². The van der Waals surface area contributed by atoms with Crippen LogP contribution < -0.4 is 10.4 Å². The molecule has 20 heavy (non-hydrogen) atoms. The Hall–Kier alpha value is -1.13. The van der Waals surface area contributed by atoms with Crippen LogP contribution >= 0.6 is 0 Å². The van der Waals surface area contributed by atoms with E-state index in [2.05, 4.69) is 73.8 Å². The summed E-state index contributed by atoms with van der Waals surface area (Å²) in [4.78, 5) is 0. The molecule has 2 heteroatoms. The maximum atomic E-state index is 2.67. The van der Waals surface area contributed by atoms with Gasteiger partial charge in [-0.05, 0) is 0 Å². The molecule has 1 aliphatic rings. The SMILES string of the molecule is C[Si@@]1(c2ccccc2)CCCC[Si@]1(C)c1ccccc1. The van der Waals surface area contributed by atoms with Crippen molar-refractivity contribution in [3.63, 3.8) is 0 Å². The molecule has 0 amide bonds. The maximum Gasteiger partial charge on any atom is 0.0824 e. The first-order valence-electron chi connectivity index (χ1n) is 7.78. The first kappa shape index (κ1) is 13.8. The van der Waals surface area contributed by atoms with Gasteiger partial charge in [0.15, 0.2) is 0 Å². The molecule has 1 heterocycles. The first-order chi connectivity index (χ1) is 9.67. The minimum atomic E-state index is -1.37. The van der Waals surface area contributed by atoms with E-state index in [1.54, 1.807) is 10.4 Å². The van der Waals surface area contributed by atoms with Gasteiger partial charge < -0.3 is 0 Å². The average molecular weight is 297 g/mol. The van der Waals surface area contributed by atoms with Gasteiger partial charge in [-0.15, -0.1) is 0 Å². The highest BCUT2D eigenvalue weighted by Gasteiger charge is 2.51. The zero-order chi connectivity index (χ0) is 14.1. The van der Waals surface area contributed by atoms with Crippen LogP contribution in [0, 0.1) is 0 Å². The van der Waals surface area contributed by atoms with E-state index in [0.717, 1.165) is 0 Å². The molecular weight excluding hydrogens is 272 g/mol. The Kier molecular flexibility index (Phi) is 3.69. The number of hydrogen-bond donors (Lipinski definition) is 0. The van der Waals surface area contributed by atoms with Crippen LogP contribution in [0.2, 0.25) is 25.2 Å². The summed E-state index contributed by atoms with van der Waals surface area (Å²) in [5, 5.41) is 3.38. The molecular formula is C18H24Si2.